The summed E-state index contributed by atoms with van der Waals surface area (Å²) in [6.07, 6.45) is 5.87. The van der Waals surface area contributed by atoms with Crippen molar-refractivity contribution in [2.24, 2.45) is 0 Å². The molecule has 0 radical (unpaired) electrons. The van der Waals surface area contributed by atoms with E-state index in [1.54, 1.807) is 10.9 Å². The van der Waals surface area contributed by atoms with Crippen molar-refractivity contribution in [1.82, 2.24) is 24.7 Å². The number of halogens is 2. The smallest absolute Gasteiger partial charge is 0.164 e. The first-order valence-electron chi connectivity index (χ1n) is 11.2. The van der Waals surface area contributed by atoms with Gasteiger partial charge in [-0.1, -0.05) is 17.7 Å². The van der Waals surface area contributed by atoms with E-state index >= 15 is 0 Å². The lowest BCUT2D eigenvalue weighted by Gasteiger charge is -2.21. The van der Waals surface area contributed by atoms with Gasteiger partial charge in [-0.05, 0) is 56.0 Å². The maximum atomic E-state index is 14.8. The van der Waals surface area contributed by atoms with Gasteiger partial charge in [0.2, 0.25) is 0 Å². The summed E-state index contributed by atoms with van der Waals surface area (Å²) in [4.78, 5) is 12.7. The molecule has 1 aliphatic heterocycles. The molecule has 0 spiro atoms. The Hall–Kier alpha value is -3.34. The van der Waals surface area contributed by atoms with Gasteiger partial charge in [-0.15, -0.1) is 0 Å². The summed E-state index contributed by atoms with van der Waals surface area (Å²) < 4.78 is 29.1. The van der Waals surface area contributed by atoms with Gasteiger partial charge in [0, 0.05) is 5.39 Å². The van der Waals surface area contributed by atoms with Crippen molar-refractivity contribution in [2.75, 3.05) is 11.5 Å². The third-order valence-corrected chi connectivity index (χ3v) is 6.85. The minimum Gasteiger partial charge on any atom is -0.383 e. The van der Waals surface area contributed by atoms with E-state index in [1.807, 2.05) is 19.9 Å². The quantitative estimate of drug-likeness (QED) is 0.407. The van der Waals surface area contributed by atoms with Crippen LogP contribution >= 0.6 is 11.6 Å². The SMILES string of the molecule is CC1(C)O[C@@H]2[C@H](O1)C(CCc1cc(F)c3cc(Cl)c(N)nc3c1)=C[C@H]2n1ncc2c(N)ncnc21. The van der Waals surface area contributed by atoms with Crippen LogP contribution in [0.15, 0.2) is 42.4 Å². The van der Waals surface area contributed by atoms with Crippen LogP contribution in [0, 0.1) is 5.82 Å². The van der Waals surface area contributed by atoms with Gasteiger partial charge < -0.3 is 20.9 Å². The fourth-order valence-corrected chi connectivity index (χ4v) is 5.13. The zero-order valence-electron chi connectivity index (χ0n) is 19.1. The molecule has 0 saturated carbocycles. The molecule has 1 aromatic carbocycles. The Bertz CT molecular complexity index is 1520. The largest absolute Gasteiger partial charge is 0.383 e. The third kappa shape index (κ3) is 3.69. The average molecular weight is 496 g/mol. The Morgan fingerprint density at radius 3 is 2.74 bits per heavy atom. The minimum atomic E-state index is -0.750. The molecule has 1 fully saturated rings. The molecule has 4 aromatic rings. The van der Waals surface area contributed by atoms with Crippen LogP contribution in [0.4, 0.5) is 16.0 Å². The molecule has 4 N–H and O–H groups in total. The number of anilines is 2. The number of fused-ring (bicyclic) bond motifs is 3. The highest BCUT2D eigenvalue weighted by atomic mass is 35.5. The number of nitrogen functional groups attached to an aromatic ring is 2. The maximum absolute atomic E-state index is 14.8. The number of nitrogens with two attached hydrogens (primary N) is 2. The van der Waals surface area contributed by atoms with Crippen molar-refractivity contribution in [3.63, 3.8) is 0 Å². The summed E-state index contributed by atoms with van der Waals surface area (Å²) >= 11 is 6.01. The third-order valence-electron chi connectivity index (χ3n) is 6.55. The highest BCUT2D eigenvalue weighted by molar-refractivity contribution is 6.33. The standard InChI is InChI=1S/C24H23ClFN7O2/c1-24(2)34-19-12(4-3-11-5-16(26)13-8-15(25)22(28)32-17(13)6-11)7-18(20(19)35-24)33-23-14(9-31-33)21(27)29-10-30-23/h5-10,18-20H,3-4H2,1-2H3,(H2,28,32)(H2,27,29,30)/t18-,19-,20+/m1/s1. The van der Waals surface area contributed by atoms with E-state index in [1.165, 1.54) is 18.5 Å². The van der Waals surface area contributed by atoms with Crippen molar-refractivity contribution in [3.05, 3.63) is 58.8 Å². The molecule has 1 saturated heterocycles. The predicted octanol–water partition coefficient (Wildman–Crippen LogP) is 3.97. The summed E-state index contributed by atoms with van der Waals surface area (Å²) in [7, 11) is 0. The molecule has 0 unspecified atom stereocenters. The second kappa shape index (κ2) is 7.84. The van der Waals surface area contributed by atoms with Crippen LogP contribution in [0.2, 0.25) is 5.02 Å². The average Bonchev–Trinajstić information content (AvgIpc) is 3.45. The normalized spacial score (nSPS) is 23.2. The van der Waals surface area contributed by atoms with E-state index in [0.717, 1.165) is 11.1 Å². The molecular weight excluding hydrogens is 473 g/mol. The Kier molecular flexibility index (Phi) is 4.96. The summed E-state index contributed by atoms with van der Waals surface area (Å²) in [6.45, 7) is 3.78. The zero-order valence-corrected chi connectivity index (χ0v) is 19.8. The second-order valence-corrected chi connectivity index (χ2v) is 9.75. The highest BCUT2D eigenvalue weighted by Crippen LogP contribution is 2.45. The number of hydrogen-bond donors (Lipinski definition) is 2. The van der Waals surface area contributed by atoms with Crippen molar-refractivity contribution in [1.29, 1.82) is 0 Å². The second-order valence-electron chi connectivity index (χ2n) is 9.34. The fraction of sp³-hybridized carbons (Fsp3) is 0.333. The zero-order chi connectivity index (χ0) is 24.5. The number of nitrogens with zero attached hydrogens (tertiary/aromatic N) is 5. The fourth-order valence-electron chi connectivity index (χ4n) is 4.98. The Morgan fingerprint density at radius 2 is 1.91 bits per heavy atom. The molecule has 1 aliphatic carbocycles. The molecule has 180 valence electrons. The summed E-state index contributed by atoms with van der Waals surface area (Å²) in [5.41, 5.74) is 14.8. The summed E-state index contributed by atoms with van der Waals surface area (Å²) in [5, 5.41) is 5.79. The lowest BCUT2D eigenvalue weighted by Crippen LogP contribution is -2.28. The molecule has 2 aliphatic rings. The van der Waals surface area contributed by atoms with E-state index in [4.69, 9.17) is 32.5 Å². The predicted molar refractivity (Wildman–Crippen MR) is 130 cm³/mol. The first kappa shape index (κ1) is 22.1. The van der Waals surface area contributed by atoms with Gasteiger partial charge in [-0.25, -0.2) is 24.0 Å². The number of aromatic nitrogens is 5. The van der Waals surface area contributed by atoms with Crippen molar-refractivity contribution < 1.29 is 13.9 Å². The van der Waals surface area contributed by atoms with Crippen molar-refractivity contribution in [2.45, 2.75) is 50.7 Å². The topological polar surface area (TPSA) is 127 Å². The van der Waals surface area contributed by atoms with Gasteiger partial charge in [0.15, 0.2) is 11.4 Å². The molecule has 3 atom stereocenters. The van der Waals surface area contributed by atoms with Crippen LogP contribution in [0.1, 0.15) is 31.9 Å². The highest BCUT2D eigenvalue weighted by Gasteiger charge is 2.51. The number of hydrogen-bond acceptors (Lipinski definition) is 8. The number of benzene rings is 1. The molecule has 0 bridgehead atoms. The Labute approximate surface area is 204 Å². The van der Waals surface area contributed by atoms with Gasteiger partial charge in [0.25, 0.3) is 0 Å². The van der Waals surface area contributed by atoms with Crippen LogP contribution in [0.3, 0.4) is 0 Å². The summed E-state index contributed by atoms with van der Waals surface area (Å²) in [6, 6.07) is 4.62. The van der Waals surface area contributed by atoms with Crippen LogP contribution in [0.25, 0.3) is 21.9 Å². The number of pyridine rings is 1. The molecule has 0 amide bonds. The van der Waals surface area contributed by atoms with E-state index in [2.05, 4.69) is 26.1 Å². The van der Waals surface area contributed by atoms with E-state index < -0.39 is 5.79 Å². The summed E-state index contributed by atoms with van der Waals surface area (Å²) in [5.74, 6) is -0.586. The Balaban J connectivity index is 1.33. The molecule has 4 heterocycles. The van der Waals surface area contributed by atoms with Crippen LogP contribution < -0.4 is 11.5 Å². The van der Waals surface area contributed by atoms with Crippen molar-refractivity contribution in [3.8, 4) is 0 Å². The van der Waals surface area contributed by atoms with E-state index in [0.29, 0.717) is 40.6 Å². The van der Waals surface area contributed by atoms with Gasteiger partial charge >= 0.3 is 0 Å². The van der Waals surface area contributed by atoms with Crippen LogP contribution in [0.5, 0.6) is 0 Å². The van der Waals surface area contributed by atoms with Gasteiger partial charge in [0.1, 0.15) is 42.0 Å². The lowest BCUT2D eigenvalue weighted by atomic mass is 10.0. The molecule has 35 heavy (non-hydrogen) atoms. The van der Waals surface area contributed by atoms with Gasteiger partial charge in [-0.3, -0.25) is 0 Å². The van der Waals surface area contributed by atoms with Crippen LogP contribution in [-0.4, -0.2) is 42.7 Å². The van der Waals surface area contributed by atoms with Crippen LogP contribution in [-0.2, 0) is 15.9 Å². The molecule has 3 aromatic heterocycles. The first-order valence-corrected chi connectivity index (χ1v) is 11.6. The lowest BCUT2D eigenvalue weighted by molar-refractivity contribution is -0.148. The van der Waals surface area contributed by atoms with E-state index in [-0.39, 0.29) is 34.9 Å². The Morgan fingerprint density at radius 1 is 1.09 bits per heavy atom. The molecule has 11 heteroatoms. The molecule has 6 rings (SSSR count). The first-order chi connectivity index (χ1) is 16.7. The van der Waals surface area contributed by atoms with E-state index in [9.17, 15) is 4.39 Å². The number of aryl methyl sites for hydroxylation is 1. The van der Waals surface area contributed by atoms with Gasteiger partial charge in [0.05, 0.1) is 22.1 Å². The van der Waals surface area contributed by atoms with Crippen molar-refractivity contribution >= 4 is 45.2 Å². The minimum absolute atomic E-state index is 0.175. The van der Waals surface area contributed by atoms with Gasteiger partial charge in [-0.2, -0.15) is 5.10 Å². The molecule has 9 nitrogen and oxygen atoms in total. The number of rotatable bonds is 4. The monoisotopic (exact) mass is 495 g/mol. The maximum Gasteiger partial charge on any atom is 0.164 e. The number of ether oxygens (including phenoxy) is 2. The molecular formula is C24H23ClFN7O2.